The second kappa shape index (κ2) is 8.04. The molecule has 7 heteroatoms. The standard InChI is InChI=1S/C21H22N2O5/c1-5-28-14-7-9-18-15(10-14)20(24)16(12-23(18)2)21(25)22-17-8-6-13(26-3)11-19(17)27-4/h6-12H,5H2,1-4H3,(H,22,25). The molecule has 1 amide bonds. The Balaban J connectivity index is 2.02. The van der Waals surface area contributed by atoms with Crippen molar-refractivity contribution in [2.45, 2.75) is 6.92 Å². The zero-order valence-corrected chi connectivity index (χ0v) is 16.2. The van der Waals surface area contributed by atoms with E-state index in [1.807, 2.05) is 6.92 Å². The lowest BCUT2D eigenvalue weighted by molar-refractivity contribution is 0.102. The maximum absolute atomic E-state index is 12.9. The molecule has 28 heavy (non-hydrogen) atoms. The van der Waals surface area contributed by atoms with E-state index < -0.39 is 5.91 Å². The second-order valence-corrected chi connectivity index (χ2v) is 6.12. The SMILES string of the molecule is CCOc1ccc2c(c1)c(=O)c(C(=O)Nc1ccc(OC)cc1OC)cn2C. The Morgan fingerprint density at radius 1 is 1.07 bits per heavy atom. The average Bonchev–Trinajstić information content (AvgIpc) is 2.71. The third kappa shape index (κ3) is 3.64. The molecule has 0 unspecified atom stereocenters. The third-order valence-corrected chi connectivity index (χ3v) is 4.37. The van der Waals surface area contributed by atoms with Crippen molar-refractivity contribution in [1.29, 1.82) is 0 Å². The molecule has 3 aromatic rings. The van der Waals surface area contributed by atoms with Gasteiger partial charge in [-0.1, -0.05) is 0 Å². The lowest BCUT2D eigenvalue weighted by atomic mass is 10.1. The molecule has 0 atom stereocenters. The summed E-state index contributed by atoms with van der Waals surface area (Å²) < 4.78 is 17.7. The van der Waals surface area contributed by atoms with Crippen LogP contribution in [0.15, 0.2) is 47.4 Å². The van der Waals surface area contributed by atoms with Gasteiger partial charge in [-0.25, -0.2) is 0 Å². The van der Waals surface area contributed by atoms with Crippen molar-refractivity contribution in [1.82, 2.24) is 4.57 Å². The van der Waals surface area contributed by atoms with Crippen molar-refractivity contribution in [3.05, 3.63) is 58.4 Å². The van der Waals surface area contributed by atoms with Crippen LogP contribution in [-0.2, 0) is 7.05 Å². The summed E-state index contributed by atoms with van der Waals surface area (Å²) in [7, 11) is 4.82. The van der Waals surface area contributed by atoms with Crippen LogP contribution >= 0.6 is 0 Å². The van der Waals surface area contributed by atoms with E-state index in [1.165, 1.54) is 13.3 Å². The topological polar surface area (TPSA) is 78.8 Å². The van der Waals surface area contributed by atoms with Crippen LogP contribution in [0.5, 0.6) is 17.2 Å². The first-order valence-electron chi connectivity index (χ1n) is 8.78. The van der Waals surface area contributed by atoms with Crippen molar-refractivity contribution in [2.24, 2.45) is 7.05 Å². The second-order valence-electron chi connectivity index (χ2n) is 6.12. The first-order valence-corrected chi connectivity index (χ1v) is 8.78. The molecule has 3 rings (SSSR count). The maximum Gasteiger partial charge on any atom is 0.261 e. The van der Waals surface area contributed by atoms with Gasteiger partial charge in [0.15, 0.2) is 0 Å². The summed E-state index contributed by atoms with van der Waals surface area (Å²) in [4.78, 5) is 25.8. The molecule has 0 radical (unpaired) electrons. The van der Waals surface area contributed by atoms with E-state index in [1.54, 1.807) is 55.1 Å². The van der Waals surface area contributed by atoms with Gasteiger partial charge in [0.1, 0.15) is 22.8 Å². The Kier molecular flexibility index (Phi) is 5.54. The summed E-state index contributed by atoms with van der Waals surface area (Å²) >= 11 is 0. The summed E-state index contributed by atoms with van der Waals surface area (Å²) in [5.74, 6) is 1.10. The summed E-state index contributed by atoms with van der Waals surface area (Å²) in [6.07, 6.45) is 1.52. The van der Waals surface area contributed by atoms with Crippen LogP contribution in [0.25, 0.3) is 10.9 Å². The first-order chi connectivity index (χ1) is 13.5. The monoisotopic (exact) mass is 382 g/mol. The molecule has 0 aliphatic carbocycles. The smallest absolute Gasteiger partial charge is 0.261 e. The van der Waals surface area contributed by atoms with Gasteiger partial charge in [-0.2, -0.15) is 0 Å². The Morgan fingerprint density at radius 2 is 1.82 bits per heavy atom. The van der Waals surface area contributed by atoms with Crippen molar-refractivity contribution in [3.63, 3.8) is 0 Å². The fourth-order valence-corrected chi connectivity index (χ4v) is 2.98. The Bertz CT molecular complexity index is 1090. The number of nitrogens with zero attached hydrogens (tertiary/aromatic N) is 1. The van der Waals surface area contributed by atoms with Crippen molar-refractivity contribution >= 4 is 22.5 Å². The quantitative estimate of drug-likeness (QED) is 0.708. The van der Waals surface area contributed by atoms with E-state index >= 15 is 0 Å². The molecular weight excluding hydrogens is 360 g/mol. The van der Waals surface area contributed by atoms with Gasteiger partial charge in [0.25, 0.3) is 5.91 Å². The van der Waals surface area contributed by atoms with Crippen molar-refractivity contribution in [2.75, 3.05) is 26.1 Å². The number of ether oxygens (including phenoxy) is 3. The number of anilines is 1. The molecule has 1 N–H and O–H groups in total. The van der Waals surface area contributed by atoms with Crippen molar-refractivity contribution < 1.29 is 19.0 Å². The van der Waals surface area contributed by atoms with Crippen LogP contribution in [0, 0.1) is 0 Å². The Labute approximate surface area is 162 Å². The van der Waals surface area contributed by atoms with Gasteiger partial charge in [-0.3, -0.25) is 9.59 Å². The predicted molar refractivity (Wildman–Crippen MR) is 108 cm³/mol. The average molecular weight is 382 g/mol. The van der Waals surface area contributed by atoms with Crippen LogP contribution in [0.2, 0.25) is 0 Å². The van der Waals surface area contributed by atoms with Gasteiger partial charge in [0.2, 0.25) is 5.43 Å². The summed E-state index contributed by atoms with van der Waals surface area (Å²) in [6, 6.07) is 10.3. The zero-order chi connectivity index (χ0) is 20.3. The number of amides is 1. The largest absolute Gasteiger partial charge is 0.497 e. The lowest BCUT2D eigenvalue weighted by Crippen LogP contribution is -2.23. The summed E-state index contributed by atoms with van der Waals surface area (Å²) in [5.41, 5.74) is 0.826. The first kappa shape index (κ1) is 19.3. The third-order valence-electron chi connectivity index (χ3n) is 4.37. The number of carbonyl (C=O) groups excluding carboxylic acids is 1. The number of hydrogen-bond acceptors (Lipinski definition) is 5. The molecule has 0 fully saturated rings. The molecule has 1 aromatic heterocycles. The highest BCUT2D eigenvalue weighted by Crippen LogP contribution is 2.29. The number of nitrogens with one attached hydrogen (secondary N) is 1. The van der Waals surface area contributed by atoms with Crippen molar-refractivity contribution in [3.8, 4) is 17.2 Å². The number of aromatic nitrogens is 1. The lowest BCUT2D eigenvalue weighted by Gasteiger charge is -2.13. The van der Waals surface area contributed by atoms with Gasteiger partial charge in [-0.15, -0.1) is 0 Å². The van der Waals surface area contributed by atoms with Crippen LogP contribution in [-0.4, -0.2) is 31.3 Å². The highest BCUT2D eigenvalue weighted by molar-refractivity contribution is 6.06. The van der Waals surface area contributed by atoms with Gasteiger partial charge >= 0.3 is 0 Å². The van der Waals surface area contributed by atoms with Gasteiger partial charge in [-0.05, 0) is 37.3 Å². The Morgan fingerprint density at radius 3 is 2.50 bits per heavy atom. The van der Waals surface area contributed by atoms with E-state index in [4.69, 9.17) is 14.2 Å². The number of carbonyl (C=O) groups is 1. The van der Waals surface area contributed by atoms with E-state index in [0.717, 1.165) is 0 Å². The molecule has 0 aliphatic heterocycles. The minimum Gasteiger partial charge on any atom is -0.497 e. The molecule has 0 aliphatic rings. The molecule has 0 saturated heterocycles. The summed E-state index contributed by atoms with van der Waals surface area (Å²) in [6.45, 7) is 2.36. The van der Waals surface area contributed by atoms with Crippen LogP contribution in [0.3, 0.4) is 0 Å². The number of rotatable bonds is 6. The van der Waals surface area contributed by atoms with Gasteiger partial charge in [0, 0.05) is 19.3 Å². The van der Waals surface area contributed by atoms with E-state index in [9.17, 15) is 9.59 Å². The number of pyridine rings is 1. The van der Waals surface area contributed by atoms with Crippen LogP contribution < -0.4 is 25.0 Å². The Hall–Kier alpha value is -3.48. The van der Waals surface area contributed by atoms with E-state index in [2.05, 4.69) is 5.32 Å². The number of methoxy groups -OCH3 is 2. The van der Waals surface area contributed by atoms with Crippen LogP contribution in [0.4, 0.5) is 5.69 Å². The number of fused-ring (bicyclic) bond motifs is 1. The minimum absolute atomic E-state index is 0.0292. The van der Waals surface area contributed by atoms with Crippen LogP contribution in [0.1, 0.15) is 17.3 Å². The molecule has 7 nitrogen and oxygen atoms in total. The van der Waals surface area contributed by atoms with Gasteiger partial charge in [0.05, 0.1) is 37.4 Å². The number of aryl methyl sites for hydroxylation is 1. The molecule has 0 spiro atoms. The minimum atomic E-state index is -0.521. The maximum atomic E-state index is 12.9. The molecule has 146 valence electrons. The predicted octanol–water partition coefficient (Wildman–Crippen LogP) is 3.21. The van der Waals surface area contributed by atoms with Gasteiger partial charge < -0.3 is 24.1 Å². The zero-order valence-electron chi connectivity index (χ0n) is 16.2. The fourth-order valence-electron chi connectivity index (χ4n) is 2.98. The highest BCUT2D eigenvalue weighted by Gasteiger charge is 2.17. The summed E-state index contributed by atoms with van der Waals surface area (Å²) in [5, 5.41) is 3.16. The molecule has 1 heterocycles. The molecule has 0 bridgehead atoms. The molecule has 0 saturated carbocycles. The fraction of sp³-hybridized carbons (Fsp3) is 0.238. The van der Waals surface area contributed by atoms with E-state index in [0.29, 0.717) is 40.4 Å². The molecule has 2 aromatic carbocycles. The highest BCUT2D eigenvalue weighted by atomic mass is 16.5. The number of benzene rings is 2. The van der Waals surface area contributed by atoms with E-state index in [-0.39, 0.29) is 11.0 Å². The molecular formula is C21H22N2O5. The normalized spacial score (nSPS) is 10.6. The number of hydrogen-bond donors (Lipinski definition) is 1.